The number of ether oxygens (including phenoxy) is 1. The van der Waals surface area contributed by atoms with E-state index in [2.05, 4.69) is 0 Å². The van der Waals surface area contributed by atoms with Crippen LogP contribution in [0.1, 0.15) is 18.9 Å². The molecule has 31 heavy (non-hydrogen) atoms. The Morgan fingerprint density at radius 3 is 2.48 bits per heavy atom. The van der Waals surface area contributed by atoms with Gasteiger partial charge in [-0.05, 0) is 42.8 Å². The maximum atomic E-state index is 13.3. The molecule has 0 aliphatic carbocycles. The lowest BCUT2D eigenvalue weighted by Gasteiger charge is -2.35. The number of hydrogen-bond donors (Lipinski definition) is 1. The Hall–Kier alpha value is -2.47. The summed E-state index contributed by atoms with van der Waals surface area (Å²) < 4.78 is 96.2. The molecule has 2 N–H and O–H groups in total. The van der Waals surface area contributed by atoms with Gasteiger partial charge >= 0.3 is 6.18 Å². The number of rotatable bonds is 6. The van der Waals surface area contributed by atoms with Crippen molar-refractivity contribution in [3.05, 3.63) is 48.0 Å². The standard InChI is InChI=1S/C19H21F3N2O5S2/c1-2-30(25,26)9-8-15-12-24(17-11-14(23)6-7-18(17)29-15)31(27,28)16-5-3-4-13(10-16)19(20,21)22/h3-7,10-11,15H,2,8-9,12,23H2,1H3/t15-/m0/s1. The maximum absolute atomic E-state index is 13.3. The fourth-order valence-electron chi connectivity index (χ4n) is 3.12. The van der Waals surface area contributed by atoms with Crippen molar-refractivity contribution in [2.75, 3.05) is 28.1 Å². The van der Waals surface area contributed by atoms with Crippen LogP contribution in [0.4, 0.5) is 24.5 Å². The quantitative estimate of drug-likeness (QED) is 0.640. The maximum Gasteiger partial charge on any atom is 0.416 e. The molecule has 1 aliphatic rings. The molecule has 0 bridgehead atoms. The highest BCUT2D eigenvalue weighted by atomic mass is 32.2. The predicted octanol–water partition coefficient (Wildman–Crippen LogP) is 3.07. The zero-order valence-corrected chi connectivity index (χ0v) is 18.1. The Morgan fingerprint density at radius 2 is 1.84 bits per heavy atom. The van der Waals surface area contributed by atoms with Gasteiger partial charge in [-0.3, -0.25) is 4.31 Å². The van der Waals surface area contributed by atoms with E-state index in [1.165, 1.54) is 25.1 Å². The molecule has 1 atom stereocenters. The molecule has 0 amide bonds. The topological polar surface area (TPSA) is 107 Å². The van der Waals surface area contributed by atoms with Gasteiger partial charge in [-0.15, -0.1) is 0 Å². The fourth-order valence-corrected chi connectivity index (χ4v) is 5.58. The van der Waals surface area contributed by atoms with Crippen molar-refractivity contribution in [2.24, 2.45) is 0 Å². The van der Waals surface area contributed by atoms with E-state index >= 15 is 0 Å². The first-order chi connectivity index (χ1) is 14.3. The van der Waals surface area contributed by atoms with E-state index in [9.17, 15) is 30.0 Å². The second-order valence-corrected chi connectivity index (χ2v) is 11.4. The summed E-state index contributed by atoms with van der Waals surface area (Å²) >= 11 is 0. The van der Waals surface area contributed by atoms with Gasteiger partial charge in [-0.2, -0.15) is 13.2 Å². The van der Waals surface area contributed by atoms with Crippen LogP contribution in [0.2, 0.25) is 0 Å². The summed E-state index contributed by atoms with van der Waals surface area (Å²) in [6.07, 6.45) is -5.50. The number of fused-ring (bicyclic) bond motifs is 1. The number of nitrogens with zero attached hydrogens (tertiary/aromatic N) is 1. The third kappa shape index (κ3) is 5.06. The van der Waals surface area contributed by atoms with Crippen molar-refractivity contribution in [3.8, 4) is 5.75 Å². The normalized spacial score (nSPS) is 17.2. The molecule has 0 radical (unpaired) electrons. The summed E-state index contributed by atoms with van der Waals surface area (Å²) in [4.78, 5) is -0.544. The molecule has 0 saturated heterocycles. The lowest BCUT2D eigenvalue weighted by Crippen LogP contribution is -2.44. The van der Waals surface area contributed by atoms with E-state index in [4.69, 9.17) is 10.5 Å². The van der Waals surface area contributed by atoms with Gasteiger partial charge < -0.3 is 10.5 Å². The summed E-state index contributed by atoms with van der Waals surface area (Å²) in [5.41, 5.74) is 4.98. The summed E-state index contributed by atoms with van der Waals surface area (Å²) in [7, 11) is -7.74. The number of benzene rings is 2. The molecule has 0 spiro atoms. The molecule has 0 fully saturated rings. The van der Waals surface area contributed by atoms with Crippen molar-refractivity contribution in [1.82, 2.24) is 0 Å². The number of hydrogen-bond acceptors (Lipinski definition) is 6. The van der Waals surface area contributed by atoms with E-state index in [0.717, 1.165) is 22.5 Å². The van der Waals surface area contributed by atoms with Crippen LogP contribution in [-0.4, -0.2) is 41.0 Å². The monoisotopic (exact) mass is 478 g/mol. The molecule has 12 heteroatoms. The number of sulfonamides is 1. The minimum atomic E-state index is -4.71. The lowest BCUT2D eigenvalue weighted by molar-refractivity contribution is -0.137. The fraction of sp³-hybridized carbons (Fsp3) is 0.368. The average molecular weight is 479 g/mol. The largest absolute Gasteiger partial charge is 0.486 e. The zero-order valence-electron chi connectivity index (χ0n) is 16.5. The number of nitrogen functional groups attached to an aromatic ring is 1. The number of alkyl halides is 3. The van der Waals surface area contributed by atoms with E-state index in [1.54, 1.807) is 0 Å². The second-order valence-electron chi connectivity index (χ2n) is 7.05. The molecular weight excluding hydrogens is 457 g/mol. The lowest BCUT2D eigenvalue weighted by atomic mass is 10.2. The first-order valence-corrected chi connectivity index (χ1v) is 12.6. The van der Waals surface area contributed by atoms with E-state index in [0.29, 0.717) is 6.07 Å². The molecule has 1 aliphatic heterocycles. The molecule has 170 valence electrons. The van der Waals surface area contributed by atoms with Gasteiger partial charge in [0, 0.05) is 11.4 Å². The highest BCUT2D eigenvalue weighted by molar-refractivity contribution is 7.93. The summed E-state index contributed by atoms with van der Waals surface area (Å²) in [6, 6.07) is 7.71. The average Bonchev–Trinajstić information content (AvgIpc) is 2.71. The van der Waals surface area contributed by atoms with Crippen molar-refractivity contribution >= 4 is 31.2 Å². The van der Waals surface area contributed by atoms with Gasteiger partial charge in [0.1, 0.15) is 21.7 Å². The van der Waals surface area contributed by atoms with Gasteiger partial charge in [-0.25, -0.2) is 16.8 Å². The first kappa shape index (κ1) is 23.2. The van der Waals surface area contributed by atoms with Gasteiger partial charge in [-0.1, -0.05) is 13.0 Å². The summed E-state index contributed by atoms with van der Waals surface area (Å²) in [6.45, 7) is 1.23. The molecule has 3 rings (SSSR count). The van der Waals surface area contributed by atoms with Crippen molar-refractivity contribution in [1.29, 1.82) is 0 Å². The molecule has 2 aromatic rings. The predicted molar refractivity (Wildman–Crippen MR) is 110 cm³/mol. The summed E-state index contributed by atoms with van der Waals surface area (Å²) in [5.74, 6) is -0.135. The molecular formula is C19H21F3N2O5S2. The Balaban J connectivity index is 2.02. The van der Waals surface area contributed by atoms with Gasteiger partial charge in [0.15, 0.2) is 0 Å². The third-order valence-electron chi connectivity index (χ3n) is 4.85. The van der Waals surface area contributed by atoms with Gasteiger partial charge in [0.2, 0.25) is 0 Å². The summed E-state index contributed by atoms with van der Waals surface area (Å²) in [5, 5.41) is 0. The van der Waals surface area contributed by atoms with Gasteiger partial charge in [0.05, 0.1) is 28.4 Å². The molecule has 0 aromatic heterocycles. The number of nitrogens with two attached hydrogens (primary N) is 1. The molecule has 2 aromatic carbocycles. The number of halogens is 3. The minimum absolute atomic E-state index is 0.0224. The highest BCUT2D eigenvalue weighted by Gasteiger charge is 2.37. The van der Waals surface area contributed by atoms with Crippen LogP contribution in [0.15, 0.2) is 47.4 Å². The number of sulfone groups is 1. The van der Waals surface area contributed by atoms with Crippen molar-refractivity contribution in [3.63, 3.8) is 0 Å². The van der Waals surface area contributed by atoms with Crippen LogP contribution >= 0.6 is 0 Å². The van der Waals surface area contributed by atoms with Crippen LogP contribution < -0.4 is 14.8 Å². The van der Waals surface area contributed by atoms with E-state index in [-0.39, 0.29) is 41.6 Å². The Kier molecular flexibility index (Phi) is 6.16. The van der Waals surface area contributed by atoms with Gasteiger partial charge in [0.25, 0.3) is 10.0 Å². The minimum Gasteiger partial charge on any atom is -0.486 e. The van der Waals surface area contributed by atoms with E-state index in [1.807, 2.05) is 0 Å². The molecule has 0 saturated carbocycles. The number of anilines is 2. The third-order valence-corrected chi connectivity index (χ3v) is 8.37. The molecule has 1 heterocycles. The highest BCUT2D eigenvalue weighted by Crippen LogP contribution is 2.39. The first-order valence-electron chi connectivity index (χ1n) is 9.30. The molecule has 0 unspecified atom stereocenters. The van der Waals surface area contributed by atoms with E-state index < -0.39 is 42.6 Å². The zero-order chi connectivity index (χ0) is 23.0. The van der Waals surface area contributed by atoms with Crippen LogP contribution in [0.5, 0.6) is 5.75 Å². The Labute approximate surface area is 178 Å². The van der Waals surface area contributed by atoms with Crippen LogP contribution in [0.25, 0.3) is 0 Å². The van der Waals surface area contributed by atoms with Crippen LogP contribution in [0, 0.1) is 0 Å². The Bertz CT molecular complexity index is 1180. The second kappa shape index (κ2) is 8.23. The smallest absolute Gasteiger partial charge is 0.416 e. The van der Waals surface area contributed by atoms with Crippen LogP contribution in [0.3, 0.4) is 0 Å². The van der Waals surface area contributed by atoms with Crippen molar-refractivity contribution < 1.29 is 34.7 Å². The molecule has 7 nitrogen and oxygen atoms in total. The Morgan fingerprint density at radius 1 is 1.13 bits per heavy atom. The SMILES string of the molecule is CCS(=O)(=O)CC[C@H]1CN(S(=O)(=O)c2cccc(C(F)(F)F)c2)c2cc(N)ccc2O1. The van der Waals surface area contributed by atoms with Crippen molar-refractivity contribution in [2.45, 2.75) is 30.5 Å². The van der Waals surface area contributed by atoms with Crippen LogP contribution in [-0.2, 0) is 26.0 Å².